The highest BCUT2D eigenvalue weighted by Gasteiger charge is 2.07. The Balaban J connectivity index is 2.05. The van der Waals surface area contributed by atoms with E-state index in [1.807, 2.05) is 30.5 Å². The van der Waals surface area contributed by atoms with E-state index in [0.717, 1.165) is 18.7 Å². The molecule has 0 aliphatic carbocycles. The number of rotatable bonds is 7. The van der Waals surface area contributed by atoms with Crippen LogP contribution in [0.1, 0.15) is 36.1 Å². The van der Waals surface area contributed by atoms with Gasteiger partial charge in [-0.3, -0.25) is 4.79 Å². The summed E-state index contributed by atoms with van der Waals surface area (Å²) in [4.78, 5) is 10.6. The second-order valence-electron chi connectivity index (χ2n) is 5.36. The predicted octanol–water partition coefficient (Wildman–Crippen LogP) is 3.71. The minimum Gasteiger partial charge on any atom is -0.481 e. The molecule has 0 fully saturated rings. The summed E-state index contributed by atoms with van der Waals surface area (Å²) in [5, 5.41) is 8.68. The molecule has 22 heavy (non-hydrogen) atoms. The first-order valence-corrected chi connectivity index (χ1v) is 7.61. The van der Waals surface area contributed by atoms with Crippen LogP contribution in [-0.2, 0) is 11.3 Å². The lowest BCUT2D eigenvalue weighted by molar-refractivity contribution is -0.699. The zero-order valence-electron chi connectivity index (χ0n) is 12.9. The van der Waals surface area contributed by atoms with Crippen molar-refractivity contribution in [2.45, 2.75) is 32.7 Å². The molecule has 0 amide bonds. The molecule has 1 N–H and O–H groups in total. The van der Waals surface area contributed by atoms with Crippen molar-refractivity contribution in [3.05, 3.63) is 65.5 Å². The molecule has 1 heterocycles. The molecule has 2 aromatic rings. The van der Waals surface area contributed by atoms with Crippen molar-refractivity contribution in [3.8, 4) is 0 Å². The lowest BCUT2D eigenvalue weighted by atomic mass is 10.1. The van der Waals surface area contributed by atoms with Crippen LogP contribution in [0.15, 0.2) is 48.7 Å². The van der Waals surface area contributed by atoms with Crippen molar-refractivity contribution >= 4 is 18.1 Å². The summed E-state index contributed by atoms with van der Waals surface area (Å²) in [5.74, 6) is -0.724. The SMILES string of the molecule is Cc1ccccc1/C=C/c1cccc[n+]1CCCCC(=O)O. The van der Waals surface area contributed by atoms with Gasteiger partial charge in [0.2, 0.25) is 5.69 Å². The van der Waals surface area contributed by atoms with Gasteiger partial charge in [0.15, 0.2) is 6.20 Å². The number of hydrogen-bond acceptors (Lipinski definition) is 1. The molecule has 3 nitrogen and oxygen atoms in total. The Morgan fingerprint density at radius 2 is 1.86 bits per heavy atom. The molecule has 0 aliphatic rings. The number of benzene rings is 1. The van der Waals surface area contributed by atoms with Crippen LogP contribution in [-0.4, -0.2) is 11.1 Å². The van der Waals surface area contributed by atoms with Crippen LogP contribution >= 0.6 is 0 Å². The van der Waals surface area contributed by atoms with Crippen molar-refractivity contribution in [1.82, 2.24) is 0 Å². The highest BCUT2D eigenvalue weighted by atomic mass is 16.4. The van der Waals surface area contributed by atoms with Gasteiger partial charge in [0.05, 0.1) is 0 Å². The average molecular weight is 296 g/mol. The first-order valence-electron chi connectivity index (χ1n) is 7.61. The van der Waals surface area contributed by atoms with Crippen LogP contribution in [0, 0.1) is 6.92 Å². The van der Waals surface area contributed by atoms with Crippen LogP contribution in [0.4, 0.5) is 0 Å². The van der Waals surface area contributed by atoms with E-state index in [1.54, 1.807) is 0 Å². The second kappa shape index (κ2) is 8.13. The number of carboxylic acids is 1. The van der Waals surface area contributed by atoms with E-state index in [4.69, 9.17) is 5.11 Å². The monoisotopic (exact) mass is 296 g/mol. The molecular weight excluding hydrogens is 274 g/mol. The van der Waals surface area contributed by atoms with Gasteiger partial charge in [0.25, 0.3) is 0 Å². The maximum absolute atomic E-state index is 10.6. The fraction of sp³-hybridized carbons (Fsp3) is 0.263. The first kappa shape index (κ1) is 16.0. The van der Waals surface area contributed by atoms with E-state index in [9.17, 15) is 4.79 Å². The highest BCUT2D eigenvalue weighted by molar-refractivity contribution is 5.68. The van der Waals surface area contributed by atoms with Gasteiger partial charge >= 0.3 is 5.97 Å². The third-order valence-corrected chi connectivity index (χ3v) is 3.64. The van der Waals surface area contributed by atoms with Crippen molar-refractivity contribution in [3.63, 3.8) is 0 Å². The molecule has 1 aromatic carbocycles. The van der Waals surface area contributed by atoms with E-state index in [1.165, 1.54) is 11.1 Å². The van der Waals surface area contributed by atoms with Gasteiger partial charge in [-0.25, -0.2) is 0 Å². The lowest BCUT2D eigenvalue weighted by Gasteiger charge is -2.01. The number of aromatic nitrogens is 1. The molecule has 0 spiro atoms. The Morgan fingerprint density at radius 3 is 2.64 bits per heavy atom. The molecule has 2 rings (SSSR count). The van der Waals surface area contributed by atoms with Crippen molar-refractivity contribution in [2.24, 2.45) is 0 Å². The second-order valence-corrected chi connectivity index (χ2v) is 5.36. The van der Waals surface area contributed by atoms with E-state index in [0.29, 0.717) is 6.42 Å². The van der Waals surface area contributed by atoms with E-state index >= 15 is 0 Å². The van der Waals surface area contributed by atoms with Gasteiger partial charge in [0.1, 0.15) is 6.54 Å². The number of nitrogens with zero attached hydrogens (tertiary/aromatic N) is 1. The smallest absolute Gasteiger partial charge is 0.303 e. The molecule has 0 unspecified atom stereocenters. The number of hydrogen-bond donors (Lipinski definition) is 1. The van der Waals surface area contributed by atoms with Crippen molar-refractivity contribution in [2.75, 3.05) is 0 Å². The Hall–Kier alpha value is -2.42. The highest BCUT2D eigenvalue weighted by Crippen LogP contribution is 2.10. The van der Waals surface area contributed by atoms with Gasteiger partial charge in [-0.2, -0.15) is 4.57 Å². The van der Waals surface area contributed by atoms with Gasteiger partial charge in [-0.15, -0.1) is 0 Å². The topological polar surface area (TPSA) is 41.2 Å². The van der Waals surface area contributed by atoms with Crippen LogP contribution in [0.5, 0.6) is 0 Å². The van der Waals surface area contributed by atoms with Crippen LogP contribution in [0.3, 0.4) is 0 Å². The van der Waals surface area contributed by atoms with E-state index in [2.05, 4.69) is 41.8 Å². The molecule has 0 aliphatic heterocycles. The van der Waals surface area contributed by atoms with Crippen LogP contribution in [0.25, 0.3) is 12.2 Å². The van der Waals surface area contributed by atoms with Gasteiger partial charge in [-0.1, -0.05) is 24.3 Å². The molecule has 3 heteroatoms. The van der Waals surface area contributed by atoms with Crippen molar-refractivity contribution < 1.29 is 14.5 Å². The molecular formula is C19H22NO2+. The number of carbonyl (C=O) groups is 1. The molecule has 0 bridgehead atoms. The fourth-order valence-corrected chi connectivity index (χ4v) is 2.35. The maximum atomic E-state index is 10.6. The Bertz CT molecular complexity index is 662. The van der Waals surface area contributed by atoms with Crippen LogP contribution in [0.2, 0.25) is 0 Å². The zero-order chi connectivity index (χ0) is 15.8. The lowest BCUT2D eigenvalue weighted by Crippen LogP contribution is -2.36. The Morgan fingerprint density at radius 1 is 1.09 bits per heavy atom. The third kappa shape index (κ3) is 4.85. The molecule has 0 radical (unpaired) electrons. The third-order valence-electron chi connectivity index (χ3n) is 3.64. The Labute approximate surface area is 131 Å². The summed E-state index contributed by atoms with van der Waals surface area (Å²) in [6, 6.07) is 14.4. The van der Waals surface area contributed by atoms with Crippen molar-refractivity contribution in [1.29, 1.82) is 0 Å². The fourth-order valence-electron chi connectivity index (χ4n) is 2.35. The molecule has 0 saturated heterocycles. The summed E-state index contributed by atoms with van der Waals surface area (Å²) < 4.78 is 2.16. The summed E-state index contributed by atoms with van der Waals surface area (Å²) in [6.45, 7) is 2.94. The van der Waals surface area contributed by atoms with E-state index < -0.39 is 5.97 Å². The zero-order valence-corrected chi connectivity index (χ0v) is 12.9. The van der Waals surface area contributed by atoms with Crippen LogP contribution < -0.4 is 4.57 Å². The summed E-state index contributed by atoms with van der Waals surface area (Å²) in [7, 11) is 0. The molecule has 0 saturated carbocycles. The molecule has 0 atom stereocenters. The standard InChI is InChI=1S/C19H21NO2/c1-16-8-2-3-9-17(16)12-13-18-10-4-6-14-20(18)15-7-5-11-19(21)22/h2-4,6,8-10,12-14H,5,7,11,15H2,1H3/p+1/b13-12+. The number of pyridine rings is 1. The van der Waals surface area contributed by atoms with Gasteiger partial charge in [-0.05, 0) is 36.6 Å². The van der Waals surface area contributed by atoms with Gasteiger partial charge in [0, 0.05) is 31.1 Å². The van der Waals surface area contributed by atoms with E-state index in [-0.39, 0.29) is 6.42 Å². The number of aliphatic carboxylic acids is 1. The quantitative estimate of drug-likeness (QED) is 0.625. The summed E-state index contributed by atoms with van der Waals surface area (Å²) in [6.07, 6.45) is 8.09. The minimum absolute atomic E-state index is 0.238. The maximum Gasteiger partial charge on any atom is 0.303 e. The average Bonchev–Trinajstić information content (AvgIpc) is 2.51. The number of carboxylic acid groups (broad SMARTS) is 1. The predicted molar refractivity (Wildman–Crippen MR) is 88.2 cm³/mol. The molecule has 1 aromatic heterocycles. The van der Waals surface area contributed by atoms with Gasteiger partial charge < -0.3 is 5.11 Å². The Kier molecular flexibility index (Phi) is 5.90. The number of aryl methyl sites for hydroxylation is 2. The molecule has 114 valence electrons. The first-order chi connectivity index (χ1) is 10.7. The summed E-state index contributed by atoms with van der Waals surface area (Å²) in [5.41, 5.74) is 3.59. The normalized spacial score (nSPS) is 11.0. The minimum atomic E-state index is -0.724. The summed E-state index contributed by atoms with van der Waals surface area (Å²) >= 11 is 0. The number of unbranched alkanes of at least 4 members (excludes halogenated alkanes) is 1. The largest absolute Gasteiger partial charge is 0.481 e.